The second-order valence-electron chi connectivity index (χ2n) is 1.78. The van der Waals surface area contributed by atoms with Gasteiger partial charge in [-0.25, -0.2) is 0 Å². The van der Waals surface area contributed by atoms with Crippen LogP contribution in [0.5, 0.6) is 0 Å². The fraction of sp³-hybridized carbons (Fsp3) is 0.750. The Hall–Kier alpha value is -0.0126. The predicted molar refractivity (Wildman–Crippen MR) is 30.1 cm³/mol. The van der Waals surface area contributed by atoms with Crippen molar-refractivity contribution >= 4 is 24.2 Å². The average Bonchev–Trinajstić information content (AvgIpc) is 2.20. The van der Waals surface area contributed by atoms with Crippen LogP contribution in [0.15, 0.2) is 0 Å². The number of carbonyl (C=O) groups is 1. The molecule has 1 heterocycles. The summed E-state index contributed by atoms with van der Waals surface area (Å²) in [5, 5.41) is 6.89. The van der Waals surface area contributed by atoms with Crippen LogP contribution in [0, 0.1) is 0 Å². The van der Waals surface area contributed by atoms with Gasteiger partial charge in [-0.05, 0) is 0 Å². The minimum absolute atomic E-state index is 0.250. The molecule has 0 amide bonds. The third-order valence-corrected chi connectivity index (χ3v) is 0.788. The van der Waals surface area contributed by atoms with E-state index in [2.05, 4.69) is 27.5 Å². The van der Waals surface area contributed by atoms with E-state index in [1.807, 2.05) is 0 Å². The Morgan fingerprint density at radius 2 is 1.89 bits per heavy atom. The average molecular weight is 126 g/mol. The Balaban J connectivity index is 0.000000187. The summed E-state index contributed by atoms with van der Waals surface area (Å²) in [7, 11) is 0. The molecule has 1 rings (SSSR count). The van der Waals surface area contributed by atoms with Gasteiger partial charge in [-0.2, -0.15) is 0 Å². The van der Waals surface area contributed by atoms with Crippen LogP contribution >= 0.6 is 0 Å². The van der Waals surface area contributed by atoms with E-state index >= 15 is 0 Å². The molecule has 0 aromatic heterocycles. The molecule has 0 aromatic carbocycles. The van der Waals surface area contributed by atoms with Gasteiger partial charge in [0.15, 0.2) is 0 Å². The first kappa shape index (κ1) is 8.99. The van der Waals surface area contributed by atoms with E-state index in [9.17, 15) is 0 Å². The second-order valence-corrected chi connectivity index (χ2v) is 1.78. The van der Waals surface area contributed by atoms with E-state index in [1.165, 1.54) is 0 Å². The summed E-state index contributed by atoms with van der Waals surface area (Å²) in [4.78, 5) is 17.5. The Kier molecular flexibility index (Phi) is 6.10. The molecule has 0 aromatic rings. The topological polar surface area (TPSA) is 55.8 Å². The Labute approximate surface area is 62.3 Å². The Morgan fingerprint density at radius 1 is 1.56 bits per heavy atom. The van der Waals surface area contributed by atoms with E-state index in [0.29, 0.717) is 4.59 Å². The fourth-order valence-electron chi connectivity index (χ4n) is 0.377. The summed E-state index contributed by atoms with van der Waals surface area (Å²) in [6.45, 7) is 1.28. The van der Waals surface area contributed by atoms with Crippen molar-refractivity contribution in [2.24, 2.45) is 0 Å². The monoisotopic (exact) mass is 126 g/mol. The van der Waals surface area contributed by atoms with E-state index in [0.717, 1.165) is 13.2 Å². The van der Waals surface area contributed by atoms with Crippen molar-refractivity contribution in [3.63, 3.8) is 0 Å². The quantitative estimate of drug-likeness (QED) is 0.272. The zero-order chi connectivity index (χ0) is 7.11. The molecule has 1 aliphatic rings. The molecule has 5 heteroatoms. The summed E-state index contributed by atoms with van der Waals surface area (Å²) in [5.74, 6) is 0. The molecule has 0 unspecified atom stereocenters. The molecule has 1 aliphatic heterocycles. The van der Waals surface area contributed by atoms with E-state index in [4.69, 9.17) is 9.90 Å². The molecule has 4 nitrogen and oxygen atoms in total. The summed E-state index contributed by atoms with van der Waals surface area (Å²) in [6, 6.07) is 0. The molecule has 48 valence electrons. The minimum atomic E-state index is -0.250. The van der Waals surface area contributed by atoms with E-state index in [-0.39, 0.29) is 6.47 Å². The molecule has 1 N–H and O–H groups in total. The molecule has 0 spiro atoms. The van der Waals surface area contributed by atoms with Crippen molar-refractivity contribution < 1.29 is 19.7 Å². The van der Waals surface area contributed by atoms with Gasteiger partial charge in [-0.1, -0.05) is 0 Å². The molecule has 0 radical (unpaired) electrons. The number of hydrogen-bond donors (Lipinski definition) is 1. The fourth-order valence-corrected chi connectivity index (χ4v) is 0.377. The maximum atomic E-state index is 8.36. The first-order valence-corrected chi connectivity index (χ1v) is 2.63. The first-order valence-electron chi connectivity index (χ1n) is 2.63. The normalized spacial score (nSPS) is 18.4. The van der Waals surface area contributed by atoms with Crippen molar-refractivity contribution in [2.75, 3.05) is 13.2 Å². The van der Waals surface area contributed by atoms with Gasteiger partial charge >= 0.3 is 45.3 Å². The van der Waals surface area contributed by atoms with Gasteiger partial charge in [0.25, 0.3) is 6.47 Å². The molecule has 1 saturated heterocycles. The van der Waals surface area contributed by atoms with Crippen LogP contribution in [0.25, 0.3) is 0 Å². The third-order valence-electron chi connectivity index (χ3n) is 0.788. The first-order chi connectivity index (χ1) is 4.31. The molecular formula is C4H7LiO4. The van der Waals surface area contributed by atoms with Gasteiger partial charge in [-0.3, -0.25) is 4.79 Å². The maximum absolute atomic E-state index is 8.36. The molecule has 1 fully saturated rings. The SMILES string of the molecule is O=CO.[Li][CH]1COOC1. The van der Waals surface area contributed by atoms with Crippen molar-refractivity contribution in [1.29, 1.82) is 0 Å². The Morgan fingerprint density at radius 3 is 2.00 bits per heavy atom. The van der Waals surface area contributed by atoms with Crippen LogP contribution < -0.4 is 0 Å². The van der Waals surface area contributed by atoms with E-state index in [1.54, 1.807) is 0 Å². The molecule has 0 aliphatic carbocycles. The Bertz CT molecular complexity index is 71.0. The molecule has 9 heavy (non-hydrogen) atoms. The molecule has 0 bridgehead atoms. The third kappa shape index (κ3) is 5.86. The van der Waals surface area contributed by atoms with Crippen LogP contribution in [-0.4, -0.2) is 42.5 Å². The van der Waals surface area contributed by atoms with Crippen molar-refractivity contribution in [2.45, 2.75) is 4.59 Å². The van der Waals surface area contributed by atoms with Crippen molar-refractivity contribution in [3.8, 4) is 0 Å². The number of rotatable bonds is 0. The second kappa shape index (κ2) is 6.11. The standard InChI is InChI=1S/C3H5O2.CH2O2.Li/c1-2-4-5-3-1;2-1-3;/h1H,2-3H2;1H,(H,2,3);. The molecule has 0 atom stereocenters. The van der Waals surface area contributed by atoms with Gasteiger partial charge in [-0.15, -0.1) is 0 Å². The molecule has 0 saturated carbocycles. The van der Waals surface area contributed by atoms with Gasteiger partial charge < -0.3 is 5.11 Å². The summed E-state index contributed by atoms with van der Waals surface area (Å²) in [5.41, 5.74) is 0. The van der Waals surface area contributed by atoms with Gasteiger partial charge in [0, 0.05) is 0 Å². The zero-order valence-corrected chi connectivity index (χ0v) is 5.24. The van der Waals surface area contributed by atoms with Crippen molar-refractivity contribution in [3.05, 3.63) is 0 Å². The summed E-state index contributed by atoms with van der Waals surface area (Å²) >= 11 is 2.09. The predicted octanol–water partition coefficient (Wildman–Crippen LogP) is -0.394. The number of hydrogen-bond acceptors (Lipinski definition) is 3. The van der Waals surface area contributed by atoms with Gasteiger partial charge in [0.1, 0.15) is 0 Å². The van der Waals surface area contributed by atoms with Gasteiger partial charge in [0.05, 0.1) is 0 Å². The van der Waals surface area contributed by atoms with Crippen LogP contribution in [0.4, 0.5) is 0 Å². The van der Waals surface area contributed by atoms with Crippen LogP contribution in [0.3, 0.4) is 0 Å². The van der Waals surface area contributed by atoms with E-state index < -0.39 is 0 Å². The van der Waals surface area contributed by atoms with Crippen LogP contribution in [0.2, 0.25) is 4.59 Å². The summed E-state index contributed by atoms with van der Waals surface area (Å²) < 4.78 is 0.602. The van der Waals surface area contributed by atoms with Crippen LogP contribution in [0.1, 0.15) is 0 Å². The zero-order valence-electron chi connectivity index (χ0n) is 5.24. The van der Waals surface area contributed by atoms with Gasteiger partial charge in [0.2, 0.25) is 0 Å². The number of carboxylic acid groups (broad SMARTS) is 1. The van der Waals surface area contributed by atoms with Crippen molar-refractivity contribution in [1.82, 2.24) is 0 Å². The van der Waals surface area contributed by atoms with Crippen LogP contribution in [-0.2, 0) is 14.6 Å². The summed E-state index contributed by atoms with van der Waals surface area (Å²) in [6.07, 6.45) is 0. The molecular weight excluding hydrogens is 119 g/mol.